The number of benzene rings is 1. The lowest BCUT2D eigenvalue weighted by Gasteiger charge is -2.50. The summed E-state index contributed by atoms with van der Waals surface area (Å²) in [4.78, 5) is 0. The van der Waals surface area contributed by atoms with Gasteiger partial charge in [-0.2, -0.15) is 0 Å². The first-order valence-electron chi connectivity index (χ1n) is 6.46. The lowest BCUT2D eigenvalue weighted by atomic mass is 9.65. The van der Waals surface area contributed by atoms with Crippen molar-refractivity contribution in [3.05, 3.63) is 28.3 Å². The van der Waals surface area contributed by atoms with Crippen LogP contribution >= 0.6 is 23.2 Å². The molecule has 18 heavy (non-hydrogen) atoms. The molecule has 1 fully saturated rings. The maximum absolute atomic E-state index is 6.32. The van der Waals surface area contributed by atoms with Crippen molar-refractivity contribution in [2.45, 2.75) is 52.0 Å². The van der Waals surface area contributed by atoms with Gasteiger partial charge in [-0.3, -0.25) is 0 Å². The average Bonchev–Trinajstić information content (AvgIpc) is 2.30. The molecule has 1 aromatic rings. The van der Waals surface area contributed by atoms with Crippen LogP contribution in [0.2, 0.25) is 5.02 Å². The molecule has 1 nitrogen and oxygen atoms in total. The first-order valence-corrected chi connectivity index (χ1v) is 7.27. The van der Waals surface area contributed by atoms with Crippen LogP contribution in [-0.2, 0) is 0 Å². The van der Waals surface area contributed by atoms with Crippen LogP contribution in [0, 0.1) is 19.3 Å². The Labute approximate surface area is 119 Å². The van der Waals surface area contributed by atoms with Crippen molar-refractivity contribution in [2.24, 2.45) is 5.41 Å². The molecule has 0 saturated heterocycles. The van der Waals surface area contributed by atoms with Gasteiger partial charge < -0.3 is 4.74 Å². The van der Waals surface area contributed by atoms with Crippen molar-refractivity contribution < 1.29 is 4.74 Å². The molecule has 2 rings (SSSR count). The van der Waals surface area contributed by atoms with Crippen LogP contribution in [-0.4, -0.2) is 11.5 Å². The van der Waals surface area contributed by atoms with Gasteiger partial charge in [0.1, 0.15) is 11.9 Å². The van der Waals surface area contributed by atoms with E-state index < -0.39 is 0 Å². The molecule has 0 N–H and O–H groups in total. The summed E-state index contributed by atoms with van der Waals surface area (Å²) in [5.74, 6) is 0.965. The summed E-state index contributed by atoms with van der Waals surface area (Å²) in [6.07, 6.45) is 2.17. The van der Waals surface area contributed by atoms with Crippen molar-refractivity contribution >= 4 is 23.2 Å². The van der Waals surface area contributed by atoms with E-state index in [-0.39, 0.29) is 16.9 Å². The van der Waals surface area contributed by atoms with Gasteiger partial charge in [0.05, 0.1) is 0 Å². The van der Waals surface area contributed by atoms with Gasteiger partial charge in [0.15, 0.2) is 0 Å². The summed E-state index contributed by atoms with van der Waals surface area (Å²) in [5.41, 5.74) is 2.27. The van der Waals surface area contributed by atoms with Crippen molar-refractivity contribution in [1.82, 2.24) is 0 Å². The molecule has 0 aliphatic heterocycles. The highest BCUT2D eigenvalue weighted by Crippen LogP contribution is 2.49. The number of ether oxygens (including phenoxy) is 1. The molecule has 100 valence electrons. The van der Waals surface area contributed by atoms with Crippen LogP contribution in [0.1, 0.15) is 37.8 Å². The standard InChI is InChI=1S/C15H20Cl2O/c1-5-15(4)12(17)8-13(15)18-14-9(2)6-11(16)7-10(14)3/h6-7,12-13H,5,8H2,1-4H3. The van der Waals surface area contributed by atoms with Gasteiger partial charge in [-0.1, -0.05) is 25.4 Å². The zero-order chi connectivity index (χ0) is 13.5. The van der Waals surface area contributed by atoms with E-state index >= 15 is 0 Å². The first kappa shape index (κ1) is 14.0. The van der Waals surface area contributed by atoms with Crippen LogP contribution in [0.3, 0.4) is 0 Å². The molecule has 0 amide bonds. The first-order chi connectivity index (χ1) is 8.38. The molecule has 0 aromatic heterocycles. The van der Waals surface area contributed by atoms with Crippen LogP contribution in [0.5, 0.6) is 5.75 Å². The molecule has 1 aliphatic rings. The summed E-state index contributed by atoms with van der Waals surface area (Å²) in [6, 6.07) is 3.90. The third-order valence-electron chi connectivity index (χ3n) is 4.32. The number of rotatable bonds is 3. The molecule has 1 saturated carbocycles. The van der Waals surface area contributed by atoms with E-state index in [0.29, 0.717) is 0 Å². The fourth-order valence-corrected chi connectivity index (χ4v) is 3.41. The second-order valence-electron chi connectivity index (χ2n) is 5.54. The quantitative estimate of drug-likeness (QED) is 0.700. The summed E-state index contributed by atoms with van der Waals surface area (Å²) >= 11 is 12.4. The zero-order valence-corrected chi connectivity index (χ0v) is 12.9. The molecule has 3 heteroatoms. The largest absolute Gasteiger partial charge is 0.489 e. The second-order valence-corrected chi connectivity index (χ2v) is 6.50. The topological polar surface area (TPSA) is 9.23 Å². The minimum absolute atomic E-state index is 0.0834. The third-order valence-corrected chi connectivity index (χ3v) is 5.21. The number of alkyl halides is 1. The Kier molecular flexibility index (Phi) is 3.85. The van der Waals surface area contributed by atoms with E-state index in [1.807, 2.05) is 26.0 Å². The summed E-state index contributed by atoms with van der Waals surface area (Å²) in [7, 11) is 0. The molecule has 1 aromatic carbocycles. The average molecular weight is 287 g/mol. The van der Waals surface area contributed by atoms with Gasteiger partial charge in [-0.15, -0.1) is 11.6 Å². The van der Waals surface area contributed by atoms with E-state index in [1.165, 1.54) is 0 Å². The Morgan fingerprint density at radius 3 is 2.33 bits per heavy atom. The Balaban J connectivity index is 2.21. The molecule has 0 radical (unpaired) electrons. The smallest absolute Gasteiger partial charge is 0.125 e. The molecule has 0 spiro atoms. The molecule has 0 bridgehead atoms. The van der Waals surface area contributed by atoms with Crippen LogP contribution < -0.4 is 4.74 Å². The van der Waals surface area contributed by atoms with Crippen LogP contribution in [0.25, 0.3) is 0 Å². The van der Waals surface area contributed by atoms with Gasteiger partial charge in [-0.05, 0) is 43.5 Å². The molecule has 3 unspecified atom stereocenters. The SMILES string of the molecule is CCC1(C)C(Cl)CC1Oc1c(C)cc(Cl)cc1C. The van der Waals surface area contributed by atoms with Gasteiger partial charge in [0.25, 0.3) is 0 Å². The van der Waals surface area contributed by atoms with Gasteiger partial charge >= 0.3 is 0 Å². The van der Waals surface area contributed by atoms with E-state index in [2.05, 4.69) is 13.8 Å². The highest BCUT2D eigenvalue weighted by atomic mass is 35.5. The maximum Gasteiger partial charge on any atom is 0.125 e. The number of aryl methyl sites for hydroxylation is 2. The predicted molar refractivity (Wildman–Crippen MR) is 78.0 cm³/mol. The number of hydrogen-bond donors (Lipinski definition) is 0. The van der Waals surface area contributed by atoms with Crippen molar-refractivity contribution in [1.29, 1.82) is 0 Å². The van der Waals surface area contributed by atoms with Crippen LogP contribution in [0.4, 0.5) is 0 Å². The van der Waals surface area contributed by atoms with E-state index in [0.717, 1.165) is 34.7 Å². The Bertz CT molecular complexity index is 435. The van der Waals surface area contributed by atoms with Gasteiger partial charge in [0.2, 0.25) is 0 Å². The van der Waals surface area contributed by atoms with Crippen molar-refractivity contribution in [3.63, 3.8) is 0 Å². The molecule has 0 heterocycles. The van der Waals surface area contributed by atoms with Gasteiger partial charge in [-0.25, -0.2) is 0 Å². The molecular formula is C15H20Cl2O. The van der Waals surface area contributed by atoms with E-state index in [1.54, 1.807) is 0 Å². The number of halogens is 2. The predicted octanol–water partition coefficient (Wildman–Crippen LogP) is 5.13. The monoisotopic (exact) mass is 286 g/mol. The second kappa shape index (κ2) is 4.94. The Morgan fingerprint density at radius 1 is 1.33 bits per heavy atom. The van der Waals surface area contributed by atoms with E-state index in [9.17, 15) is 0 Å². The van der Waals surface area contributed by atoms with Crippen LogP contribution in [0.15, 0.2) is 12.1 Å². The lowest BCUT2D eigenvalue weighted by Crippen LogP contribution is -2.55. The fourth-order valence-electron chi connectivity index (χ4n) is 2.63. The highest BCUT2D eigenvalue weighted by Gasteiger charge is 2.51. The zero-order valence-electron chi connectivity index (χ0n) is 11.4. The summed E-state index contributed by atoms with van der Waals surface area (Å²) in [6.45, 7) is 8.45. The normalized spacial score (nSPS) is 31.0. The molecular weight excluding hydrogens is 267 g/mol. The minimum atomic E-state index is 0.0834. The van der Waals surface area contributed by atoms with Crippen molar-refractivity contribution in [3.8, 4) is 5.75 Å². The Hall–Kier alpha value is -0.400. The lowest BCUT2D eigenvalue weighted by molar-refractivity contribution is -0.0302. The highest BCUT2D eigenvalue weighted by molar-refractivity contribution is 6.30. The summed E-state index contributed by atoms with van der Waals surface area (Å²) < 4.78 is 6.20. The van der Waals surface area contributed by atoms with Gasteiger partial charge in [0, 0.05) is 22.2 Å². The maximum atomic E-state index is 6.32. The van der Waals surface area contributed by atoms with E-state index in [4.69, 9.17) is 27.9 Å². The third kappa shape index (κ3) is 2.23. The molecule has 3 atom stereocenters. The fraction of sp³-hybridized carbons (Fsp3) is 0.600. The Morgan fingerprint density at radius 2 is 1.89 bits per heavy atom. The number of hydrogen-bond acceptors (Lipinski definition) is 1. The molecule has 1 aliphatic carbocycles. The summed E-state index contributed by atoms with van der Waals surface area (Å²) in [5, 5.41) is 0.986. The van der Waals surface area contributed by atoms with Crippen molar-refractivity contribution in [2.75, 3.05) is 0 Å². The minimum Gasteiger partial charge on any atom is -0.489 e.